The van der Waals surface area contributed by atoms with E-state index in [9.17, 15) is 9.18 Å². The molecular weight excluding hydrogens is 267 g/mol. The number of nitriles is 1. The number of nitrogens with one attached hydrogen (secondary N) is 1. The van der Waals surface area contributed by atoms with Gasteiger partial charge in [0.25, 0.3) is 5.91 Å². The van der Waals surface area contributed by atoms with Gasteiger partial charge >= 0.3 is 0 Å². The van der Waals surface area contributed by atoms with Crippen molar-refractivity contribution >= 4 is 23.2 Å². The van der Waals surface area contributed by atoms with Crippen LogP contribution in [0.4, 0.5) is 10.1 Å². The summed E-state index contributed by atoms with van der Waals surface area (Å²) >= 11 is 5.80. The average molecular weight is 275 g/mol. The van der Waals surface area contributed by atoms with E-state index in [4.69, 9.17) is 16.9 Å². The van der Waals surface area contributed by atoms with E-state index in [0.717, 1.165) is 6.07 Å². The number of amides is 1. The van der Waals surface area contributed by atoms with Gasteiger partial charge < -0.3 is 5.32 Å². The molecule has 0 bridgehead atoms. The normalized spacial score (nSPS) is 9.74. The highest BCUT2D eigenvalue weighted by Gasteiger charge is 2.16. The number of halogens is 2. The van der Waals surface area contributed by atoms with E-state index < -0.39 is 11.7 Å². The van der Waals surface area contributed by atoms with Crippen LogP contribution in [0.15, 0.2) is 42.5 Å². The maximum absolute atomic E-state index is 13.6. The number of benzene rings is 2. The zero-order chi connectivity index (χ0) is 13.8. The summed E-state index contributed by atoms with van der Waals surface area (Å²) in [6.07, 6.45) is 0. The van der Waals surface area contributed by atoms with E-state index in [1.54, 1.807) is 24.3 Å². The van der Waals surface area contributed by atoms with Crippen molar-refractivity contribution in [2.24, 2.45) is 0 Å². The van der Waals surface area contributed by atoms with E-state index in [-0.39, 0.29) is 10.6 Å². The SMILES string of the molecule is N#Cc1ccccc1NC(=O)c1c(F)cccc1Cl. The molecule has 2 aromatic rings. The number of para-hydroxylation sites is 1. The lowest BCUT2D eigenvalue weighted by molar-refractivity contribution is 0.102. The molecule has 5 heteroatoms. The van der Waals surface area contributed by atoms with Crippen molar-refractivity contribution in [3.8, 4) is 6.07 Å². The Morgan fingerprint density at radius 2 is 1.95 bits per heavy atom. The molecule has 0 unspecified atom stereocenters. The van der Waals surface area contributed by atoms with Crippen molar-refractivity contribution in [3.05, 3.63) is 64.4 Å². The molecule has 0 aromatic heterocycles. The van der Waals surface area contributed by atoms with Crippen LogP contribution >= 0.6 is 11.6 Å². The van der Waals surface area contributed by atoms with Gasteiger partial charge in [-0.1, -0.05) is 29.8 Å². The van der Waals surface area contributed by atoms with E-state index in [2.05, 4.69) is 5.32 Å². The molecule has 2 aromatic carbocycles. The number of hydrogen-bond donors (Lipinski definition) is 1. The predicted molar refractivity (Wildman–Crippen MR) is 70.5 cm³/mol. The van der Waals surface area contributed by atoms with E-state index >= 15 is 0 Å². The van der Waals surface area contributed by atoms with Gasteiger partial charge in [0.05, 0.1) is 21.8 Å². The molecule has 0 aliphatic carbocycles. The van der Waals surface area contributed by atoms with Crippen molar-refractivity contribution in [3.63, 3.8) is 0 Å². The first kappa shape index (κ1) is 13.1. The topological polar surface area (TPSA) is 52.9 Å². The van der Waals surface area contributed by atoms with Crippen LogP contribution in [0.1, 0.15) is 15.9 Å². The predicted octanol–water partition coefficient (Wildman–Crippen LogP) is 3.60. The van der Waals surface area contributed by atoms with Crippen LogP contribution in [0, 0.1) is 17.1 Å². The van der Waals surface area contributed by atoms with Crippen molar-refractivity contribution in [2.45, 2.75) is 0 Å². The van der Waals surface area contributed by atoms with Gasteiger partial charge in [-0.15, -0.1) is 0 Å². The molecule has 2 rings (SSSR count). The summed E-state index contributed by atoms with van der Waals surface area (Å²) in [4.78, 5) is 12.0. The van der Waals surface area contributed by atoms with Crippen LogP contribution in [0.25, 0.3) is 0 Å². The third-order valence-corrected chi connectivity index (χ3v) is 2.80. The highest BCUT2D eigenvalue weighted by molar-refractivity contribution is 6.34. The molecule has 94 valence electrons. The molecule has 0 saturated carbocycles. The molecule has 0 spiro atoms. The van der Waals surface area contributed by atoms with Crippen LogP contribution in [0.2, 0.25) is 5.02 Å². The fourth-order valence-corrected chi connectivity index (χ4v) is 1.84. The molecule has 3 nitrogen and oxygen atoms in total. The van der Waals surface area contributed by atoms with E-state index in [1.165, 1.54) is 12.1 Å². The molecule has 0 saturated heterocycles. The van der Waals surface area contributed by atoms with E-state index in [1.807, 2.05) is 6.07 Å². The van der Waals surface area contributed by atoms with Crippen molar-refractivity contribution in [2.75, 3.05) is 5.32 Å². The van der Waals surface area contributed by atoms with Gasteiger partial charge in [-0.05, 0) is 24.3 Å². The largest absolute Gasteiger partial charge is 0.321 e. The quantitative estimate of drug-likeness (QED) is 0.909. The van der Waals surface area contributed by atoms with Crippen LogP contribution in [-0.4, -0.2) is 5.91 Å². The molecule has 0 atom stereocenters. The van der Waals surface area contributed by atoms with Gasteiger partial charge in [-0.3, -0.25) is 4.79 Å². The fourth-order valence-electron chi connectivity index (χ4n) is 1.59. The zero-order valence-corrected chi connectivity index (χ0v) is 10.4. The summed E-state index contributed by atoms with van der Waals surface area (Å²) in [5.74, 6) is -1.40. The highest BCUT2D eigenvalue weighted by atomic mass is 35.5. The molecule has 0 heterocycles. The second kappa shape index (κ2) is 5.51. The Balaban J connectivity index is 2.35. The van der Waals surface area contributed by atoms with Crippen LogP contribution < -0.4 is 5.32 Å². The Morgan fingerprint density at radius 1 is 1.21 bits per heavy atom. The van der Waals surface area contributed by atoms with Gasteiger partial charge in [0.2, 0.25) is 0 Å². The zero-order valence-electron chi connectivity index (χ0n) is 9.65. The number of rotatable bonds is 2. The van der Waals surface area contributed by atoms with Crippen LogP contribution in [-0.2, 0) is 0 Å². The fraction of sp³-hybridized carbons (Fsp3) is 0. The van der Waals surface area contributed by atoms with Gasteiger partial charge in [0, 0.05) is 0 Å². The minimum Gasteiger partial charge on any atom is -0.321 e. The smallest absolute Gasteiger partial charge is 0.260 e. The van der Waals surface area contributed by atoms with Crippen molar-refractivity contribution < 1.29 is 9.18 Å². The highest BCUT2D eigenvalue weighted by Crippen LogP contribution is 2.21. The van der Waals surface area contributed by atoms with Gasteiger partial charge in [0.15, 0.2) is 0 Å². The lowest BCUT2D eigenvalue weighted by Gasteiger charge is -2.08. The van der Waals surface area contributed by atoms with Crippen molar-refractivity contribution in [1.29, 1.82) is 5.26 Å². The Labute approximate surface area is 114 Å². The van der Waals surface area contributed by atoms with Crippen molar-refractivity contribution in [1.82, 2.24) is 0 Å². The summed E-state index contributed by atoms with van der Waals surface area (Å²) in [6.45, 7) is 0. The Bertz CT molecular complexity index is 659. The summed E-state index contributed by atoms with van der Waals surface area (Å²) in [5, 5.41) is 11.4. The first-order chi connectivity index (χ1) is 9.13. The number of carbonyl (C=O) groups excluding carboxylic acids is 1. The molecule has 0 radical (unpaired) electrons. The average Bonchev–Trinajstić information content (AvgIpc) is 2.39. The second-order valence-electron chi connectivity index (χ2n) is 3.71. The Kier molecular flexibility index (Phi) is 3.79. The first-order valence-corrected chi connectivity index (χ1v) is 5.76. The van der Waals surface area contributed by atoms with Crippen LogP contribution in [0.3, 0.4) is 0 Å². The molecule has 0 aliphatic rings. The van der Waals surface area contributed by atoms with Gasteiger partial charge in [0.1, 0.15) is 11.9 Å². The summed E-state index contributed by atoms with van der Waals surface area (Å²) in [7, 11) is 0. The van der Waals surface area contributed by atoms with E-state index in [0.29, 0.717) is 11.3 Å². The Morgan fingerprint density at radius 3 is 2.63 bits per heavy atom. The minimum atomic E-state index is -0.709. The second-order valence-corrected chi connectivity index (χ2v) is 4.12. The Hall–Kier alpha value is -2.38. The summed E-state index contributed by atoms with van der Waals surface area (Å²) in [5.41, 5.74) is 0.370. The molecule has 1 amide bonds. The standard InChI is InChI=1S/C14H8ClFN2O/c15-10-5-3-6-11(16)13(10)14(19)18-12-7-2-1-4-9(12)8-17/h1-7H,(H,18,19). The lowest BCUT2D eigenvalue weighted by Crippen LogP contribution is -2.15. The molecule has 19 heavy (non-hydrogen) atoms. The van der Waals surface area contributed by atoms with Crippen LogP contribution in [0.5, 0.6) is 0 Å². The monoisotopic (exact) mass is 274 g/mol. The first-order valence-electron chi connectivity index (χ1n) is 5.38. The third-order valence-electron chi connectivity index (χ3n) is 2.49. The van der Waals surface area contributed by atoms with Gasteiger partial charge in [-0.25, -0.2) is 4.39 Å². The minimum absolute atomic E-state index is 0.0203. The number of carbonyl (C=O) groups is 1. The third kappa shape index (κ3) is 2.72. The van der Waals surface area contributed by atoms with Gasteiger partial charge in [-0.2, -0.15) is 5.26 Å². The maximum atomic E-state index is 13.6. The lowest BCUT2D eigenvalue weighted by atomic mass is 10.1. The summed E-state index contributed by atoms with van der Waals surface area (Å²) < 4.78 is 13.6. The molecular formula is C14H8ClFN2O. The summed E-state index contributed by atoms with van der Waals surface area (Å²) in [6, 6.07) is 12.4. The molecule has 0 fully saturated rings. The maximum Gasteiger partial charge on any atom is 0.260 e. The molecule has 0 aliphatic heterocycles. The number of hydrogen-bond acceptors (Lipinski definition) is 2. The molecule has 1 N–H and O–H groups in total. The number of nitrogens with zero attached hydrogens (tertiary/aromatic N) is 1. The number of anilines is 1.